The van der Waals surface area contributed by atoms with E-state index in [0.717, 1.165) is 0 Å². The van der Waals surface area contributed by atoms with Crippen LogP contribution in [0.1, 0.15) is 10.4 Å². The van der Waals surface area contributed by atoms with Crippen molar-refractivity contribution in [2.24, 2.45) is 0 Å². The molecule has 30 heavy (non-hydrogen) atoms. The lowest BCUT2D eigenvalue weighted by molar-refractivity contribution is -0.120. The molecule has 3 aromatic rings. The van der Waals surface area contributed by atoms with Gasteiger partial charge in [0.2, 0.25) is 11.9 Å². The van der Waals surface area contributed by atoms with Crippen LogP contribution < -0.4 is 20.9 Å². The molecular weight excluding hydrogens is 389 g/mol. The highest BCUT2D eigenvalue weighted by molar-refractivity contribution is 6.05. The third-order valence-electron chi connectivity index (χ3n) is 4.41. The van der Waals surface area contributed by atoms with Gasteiger partial charge in [-0.2, -0.15) is 0 Å². The number of hydrogen-bond acceptors (Lipinski definition) is 7. The van der Waals surface area contributed by atoms with Crippen LogP contribution in [0.2, 0.25) is 0 Å². The first kappa shape index (κ1) is 19.2. The van der Waals surface area contributed by atoms with Crippen LogP contribution in [0.25, 0.3) is 0 Å². The van der Waals surface area contributed by atoms with E-state index in [1.165, 1.54) is 24.5 Å². The number of halogens is 1. The largest absolute Gasteiger partial charge is 0.353 e. The second-order valence-electron chi connectivity index (χ2n) is 6.55. The maximum atomic E-state index is 13.1. The fourth-order valence-electron chi connectivity index (χ4n) is 2.90. The third-order valence-corrected chi connectivity index (χ3v) is 4.41. The van der Waals surface area contributed by atoms with E-state index in [2.05, 4.69) is 30.9 Å². The zero-order valence-corrected chi connectivity index (χ0v) is 15.8. The van der Waals surface area contributed by atoms with Crippen LogP contribution in [0.3, 0.4) is 0 Å². The second kappa shape index (κ2) is 8.52. The summed E-state index contributed by atoms with van der Waals surface area (Å²) in [5, 5.41) is 8.62. The molecule has 0 unspecified atom stereocenters. The molecule has 0 atom stereocenters. The van der Waals surface area contributed by atoms with E-state index in [4.69, 9.17) is 0 Å². The number of piperazine rings is 1. The third kappa shape index (κ3) is 4.49. The Labute approximate surface area is 171 Å². The number of amides is 2. The second-order valence-corrected chi connectivity index (χ2v) is 6.55. The van der Waals surface area contributed by atoms with Crippen LogP contribution in [0.5, 0.6) is 0 Å². The van der Waals surface area contributed by atoms with Crippen molar-refractivity contribution >= 4 is 34.8 Å². The first-order chi connectivity index (χ1) is 14.6. The zero-order chi connectivity index (χ0) is 20.9. The Balaban J connectivity index is 1.46. The topological polar surface area (TPSA) is 112 Å². The molecule has 9 nitrogen and oxygen atoms in total. The summed E-state index contributed by atoms with van der Waals surface area (Å²) in [5.41, 5.74) is 1.97. The van der Waals surface area contributed by atoms with Crippen molar-refractivity contribution in [1.29, 1.82) is 0 Å². The number of carbonyl (C=O) groups is 2. The minimum Gasteiger partial charge on any atom is -0.353 e. The summed E-state index contributed by atoms with van der Waals surface area (Å²) in [6.45, 7) is 1.31. The molecule has 1 saturated heterocycles. The van der Waals surface area contributed by atoms with Crippen molar-refractivity contribution in [3.63, 3.8) is 0 Å². The summed E-state index contributed by atoms with van der Waals surface area (Å²) in [6, 6.07) is 7.48. The number of rotatable bonds is 5. The molecule has 1 aliphatic rings. The minimum atomic E-state index is -0.397. The molecule has 2 amide bonds. The predicted octanol–water partition coefficient (Wildman–Crippen LogP) is 1.94. The lowest BCUT2D eigenvalue weighted by atomic mass is 10.2. The van der Waals surface area contributed by atoms with Gasteiger partial charge in [0, 0.05) is 37.4 Å². The van der Waals surface area contributed by atoms with Gasteiger partial charge in [-0.05, 0) is 30.3 Å². The zero-order valence-electron chi connectivity index (χ0n) is 15.8. The highest BCUT2D eigenvalue weighted by Gasteiger charge is 2.19. The molecule has 0 spiro atoms. The number of nitrogens with zero attached hydrogens (tertiary/aromatic N) is 4. The number of benzene rings is 1. The Morgan fingerprint density at radius 3 is 2.57 bits per heavy atom. The normalized spacial score (nSPS) is 13.5. The summed E-state index contributed by atoms with van der Waals surface area (Å²) in [5.74, 6) is -0.435. The van der Waals surface area contributed by atoms with Crippen LogP contribution in [0, 0.1) is 5.82 Å². The summed E-state index contributed by atoms with van der Waals surface area (Å²) < 4.78 is 13.1. The van der Waals surface area contributed by atoms with Gasteiger partial charge in [-0.3, -0.25) is 14.6 Å². The minimum absolute atomic E-state index is 0.0921. The fourth-order valence-corrected chi connectivity index (χ4v) is 2.90. The molecule has 2 aromatic heterocycles. The van der Waals surface area contributed by atoms with Gasteiger partial charge in [-0.1, -0.05) is 0 Å². The summed E-state index contributed by atoms with van der Waals surface area (Å²) in [6.07, 6.45) is 5.93. The lowest BCUT2D eigenvalue weighted by Crippen LogP contribution is -2.48. The molecule has 1 aliphatic heterocycles. The van der Waals surface area contributed by atoms with Crippen molar-refractivity contribution in [3.05, 3.63) is 66.5 Å². The Hall–Kier alpha value is -4.08. The van der Waals surface area contributed by atoms with Gasteiger partial charge in [0.15, 0.2) is 0 Å². The molecule has 3 N–H and O–H groups in total. The number of aromatic nitrogens is 3. The van der Waals surface area contributed by atoms with E-state index in [-0.39, 0.29) is 23.8 Å². The Morgan fingerprint density at radius 1 is 1.07 bits per heavy atom. The molecule has 0 radical (unpaired) electrons. The molecule has 4 rings (SSSR count). The van der Waals surface area contributed by atoms with Gasteiger partial charge in [0.05, 0.1) is 29.7 Å². The van der Waals surface area contributed by atoms with Crippen molar-refractivity contribution in [2.75, 3.05) is 35.2 Å². The Bertz CT molecular complexity index is 1060. The quantitative estimate of drug-likeness (QED) is 0.593. The highest BCUT2D eigenvalue weighted by Crippen LogP contribution is 2.25. The van der Waals surface area contributed by atoms with Crippen LogP contribution >= 0.6 is 0 Å². The average molecular weight is 407 g/mol. The molecular formula is C20H18FN7O2. The SMILES string of the molecule is O=C1CN(c2ncc(C(=O)Nc3ccncc3Nc3ccc(F)cc3)cn2)CCN1. The molecule has 1 aromatic carbocycles. The van der Waals surface area contributed by atoms with Gasteiger partial charge >= 0.3 is 0 Å². The van der Waals surface area contributed by atoms with Crippen molar-refractivity contribution in [3.8, 4) is 0 Å². The van der Waals surface area contributed by atoms with E-state index in [1.807, 2.05) is 0 Å². The van der Waals surface area contributed by atoms with Crippen molar-refractivity contribution in [1.82, 2.24) is 20.3 Å². The van der Waals surface area contributed by atoms with Gasteiger partial charge in [0.1, 0.15) is 5.82 Å². The van der Waals surface area contributed by atoms with E-state index in [0.29, 0.717) is 36.1 Å². The summed E-state index contributed by atoms with van der Waals surface area (Å²) >= 11 is 0. The van der Waals surface area contributed by atoms with Gasteiger partial charge < -0.3 is 20.9 Å². The molecule has 3 heterocycles. The van der Waals surface area contributed by atoms with Crippen LogP contribution in [0.4, 0.5) is 27.4 Å². The van der Waals surface area contributed by atoms with Gasteiger partial charge in [-0.25, -0.2) is 14.4 Å². The summed E-state index contributed by atoms with van der Waals surface area (Å²) in [4.78, 5) is 38.4. The van der Waals surface area contributed by atoms with E-state index in [9.17, 15) is 14.0 Å². The van der Waals surface area contributed by atoms with Crippen LogP contribution in [-0.4, -0.2) is 46.4 Å². The van der Waals surface area contributed by atoms with Crippen molar-refractivity contribution < 1.29 is 14.0 Å². The molecule has 10 heteroatoms. The summed E-state index contributed by atoms with van der Waals surface area (Å²) in [7, 11) is 0. The number of nitrogens with one attached hydrogen (secondary N) is 3. The molecule has 1 fully saturated rings. The highest BCUT2D eigenvalue weighted by atomic mass is 19.1. The standard InChI is InChI=1S/C20H18FN7O2/c21-14-1-3-15(4-2-14)26-17-11-22-6-5-16(17)27-19(30)13-9-24-20(25-10-13)28-8-7-23-18(29)12-28/h1-6,9-11,26H,7-8,12H2,(H,23,29)(H,22,27,30). The van der Waals surface area contributed by atoms with Crippen molar-refractivity contribution in [2.45, 2.75) is 0 Å². The lowest BCUT2D eigenvalue weighted by Gasteiger charge is -2.26. The van der Waals surface area contributed by atoms with E-state index >= 15 is 0 Å². The number of anilines is 4. The molecule has 152 valence electrons. The molecule has 0 bridgehead atoms. The maximum Gasteiger partial charge on any atom is 0.258 e. The first-order valence-corrected chi connectivity index (χ1v) is 9.20. The van der Waals surface area contributed by atoms with Gasteiger partial charge in [0.25, 0.3) is 5.91 Å². The fraction of sp³-hybridized carbons (Fsp3) is 0.150. The van der Waals surface area contributed by atoms with Crippen LogP contribution in [-0.2, 0) is 4.79 Å². The monoisotopic (exact) mass is 407 g/mol. The molecule has 0 aliphatic carbocycles. The Kier molecular flexibility index (Phi) is 5.46. The number of pyridine rings is 1. The average Bonchev–Trinajstić information content (AvgIpc) is 2.77. The van der Waals surface area contributed by atoms with E-state index < -0.39 is 5.91 Å². The van der Waals surface area contributed by atoms with E-state index in [1.54, 1.807) is 35.5 Å². The predicted molar refractivity (Wildman–Crippen MR) is 109 cm³/mol. The van der Waals surface area contributed by atoms with Crippen LogP contribution in [0.15, 0.2) is 55.1 Å². The van der Waals surface area contributed by atoms with Gasteiger partial charge in [-0.15, -0.1) is 0 Å². The molecule has 0 saturated carbocycles. The first-order valence-electron chi connectivity index (χ1n) is 9.20. The Morgan fingerprint density at radius 2 is 1.83 bits per heavy atom. The number of hydrogen-bond donors (Lipinski definition) is 3. The maximum absolute atomic E-state index is 13.1. The number of carbonyl (C=O) groups excluding carboxylic acids is 2. The smallest absolute Gasteiger partial charge is 0.258 e.